The highest BCUT2D eigenvalue weighted by molar-refractivity contribution is 8.23. The largest absolute Gasteiger partial charge is 0.341 e. The maximum Gasteiger partial charge on any atom is 0.238 e. The highest BCUT2D eigenvalue weighted by Gasteiger charge is 2.25. The molecule has 0 radical (unpaired) electrons. The quantitative estimate of drug-likeness (QED) is 0.502. The number of benzene rings is 1. The number of hydrogen-bond donors (Lipinski definition) is 0. The van der Waals surface area contributed by atoms with Gasteiger partial charge in [-0.2, -0.15) is 5.10 Å². The minimum atomic E-state index is 0.0730. The molecule has 0 atom stereocenters. The van der Waals surface area contributed by atoms with Crippen LogP contribution < -0.4 is 0 Å². The number of aromatic nitrogens is 2. The molecule has 1 aromatic heterocycles. The first-order valence-corrected chi connectivity index (χ1v) is 10.2. The summed E-state index contributed by atoms with van der Waals surface area (Å²) in [5.41, 5.74) is 1.98. The number of thioether (sulfide) groups is 1. The number of unbranched alkanes of at least 4 members (excludes halogenated alkanes) is 1. The van der Waals surface area contributed by atoms with E-state index in [4.69, 9.17) is 12.2 Å². The summed E-state index contributed by atoms with van der Waals surface area (Å²) in [6, 6.07) is 9.87. The Kier molecular flexibility index (Phi) is 6.63. The molecule has 1 aliphatic rings. The Morgan fingerprint density at radius 2 is 2.07 bits per heavy atom. The summed E-state index contributed by atoms with van der Waals surface area (Å²) in [5.74, 6) is 0.605. The first-order chi connectivity index (χ1) is 13.0. The van der Waals surface area contributed by atoms with E-state index in [1.54, 1.807) is 23.0 Å². The second-order valence-corrected chi connectivity index (χ2v) is 8.04. The lowest BCUT2D eigenvalue weighted by atomic mass is 10.2. The van der Waals surface area contributed by atoms with Crippen molar-refractivity contribution in [2.24, 2.45) is 0 Å². The summed E-state index contributed by atoms with van der Waals surface area (Å²) >= 11 is 6.56. The van der Waals surface area contributed by atoms with Crippen molar-refractivity contribution in [3.8, 4) is 5.69 Å². The fourth-order valence-electron chi connectivity index (χ4n) is 2.86. The van der Waals surface area contributed by atoms with E-state index in [9.17, 15) is 9.59 Å². The van der Waals surface area contributed by atoms with E-state index in [1.807, 2.05) is 41.2 Å². The smallest absolute Gasteiger partial charge is 0.238 e. The Bertz CT molecular complexity index is 806. The van der Waals surface area contributed by atoms with E-state index < -0.39 is 0 Å². The van der Waals surface area contributed by atoms with Gasteiger partial charge in [0, 0.05) is 38.3 Å². The molecule has 3 rings (SSSR count). The average molecular weight is 403 g/mol. The third-order valence-electron chi connectivity index (χ3n) is 4.37. The van der Waals surface area contributed by atoms with Crippen molar-refractivity contribution in [1.82, 2.24) is 19.6 Å². The molecule has 142 valence electrons. The van der Waals surface area contributed by atoms with Gasteiger partial charge in [-0.3, -0.25) is 14.5 Å². The maximum atomic E-state index is 12.3. The maximum absolute atomic E-state index is 12.3. The molecule has 1 aromatic carbocycles. The van der Waals surface area contributed by atoms with Crippen LogP contribution in [0.1, 0.15) is 24.8 Å². The number of rotatable bonds is 8. The number of carbonyl (C=O) groups is 2. The molecule has 8 heteroatoms. The van der Waals surface area contributed by atoms with E-state index in [0.29, 0.717) is 29.6 Å². The number of thiocarbonyl (C=S) groups is 1. The molecule has 0 unspecified atom stereocenters. The number of hydrogen-bond acceptors (Lipinski definition) is 5. The molecule has 1 fully saturated rings. The highest BCUT2D eigenvalue weighted by Crippen LogP contribution is 2.20. The standard InChI is InChI=1S/C19H22N4O2S2/c1-21(12-15-11-20-23(13-15)16-7-3-2-4-8-16)17(24)9-5-6-10-22-18(25)14-27-19(22)26/h2-4,7-8,11,13H,5-6,9-10,12,14H2,1H3. The van der Waals surface area contributed by atoms with Crippen LogP contribution in [0.25, 0.3) is 5.69 Å². The van der Waals surface area contributed by atoms with Gasteiger partial charge in [-0.1, -0.05) is 42.2 Å². The predicted octanol–water partition coefficient (Wildman–Crippen LogP) is 2.86. The van der Waals surface area contributed by atoms with E-state index in [2.05, 4.69) is 5.10 Å². The number of carbonyl (C=O) groups excluding carboxylic acids is 2. The number of nitrogens with zero attached hydrogens (tertiary/aromatic N) is 4. The van der Waals surface area contributed by atoms with Gasteiger partial charge in [0.25, 0.3) is 0 Å². The van der Waals surface area contributed by atoms with Gasteiger partial charge >= 0.3 is 0 Å². The molecule has 2 heterocycles. The summed E-state index contributed by atoms with van der Waals surface area (Å²) in [5, 5.41) is 4.36. The van der Waals surface area contributed by atoms with Crippen LogP contribution in [0, 0.1) is 0 Å². The topological polar surface area (TPSA) is 58.4 Å². The third kappa shape index (κ3) is 5.17. The molecular weight excluding hydrogens is 380 g/mol. The van der Waals surface area contributed by atoms with Crippen molar-refractivity contribution >= 4 is 40.1 Å². The molecule has 1 aliphatic heterocycles. The van der Waals surface area contributed by atoms with E-state index >= 15 is 0 Å². The molecule has 0 bridgehead atoms. The zero-order valence-corrected chi connectivity index (χ0v) is 16.8. The van der Waals surface area contributed by atoms with Crippen molar-refractivity contribution in [1.29, 1.82) is 0 Å². The number of amides is 2. The zero-order chi connectivity index (χ0) is 19.2. The van der Waals surface area contributed by atoms with E-state index in [0.717, 1.165) is 24.1 Å². The van der Waals surface area contributed by atoms with Crippen LogP contribution in [0.4, 0.5) is 0 Å². The first kappa shape index (κ1) is 19.6. The molecule has 0 N–H and O–H groups in total. The van der Waals surface area contributed by atoms with Crippen LogP contribution in [-0.2, 0) is 16.1 Å². The summed E-state index contributed by atoms with van der Waals surface area (Å²) in [4.78, 5) is 27.4. The predicted molar refractivity (Wildman–Crippen MR) is 111 cm³/mol. The second kappa shape index (κ2) is 9.14. The van der Waals surface area contributed by atoms with Crippen molar-refractivity contribution in [2.75, 3.05) is 19.3 Å². The Balaban J connectivity index is 1.42. The zero-order valence-electron chi connectivity index (χ0n) is 15.2. The van der Waals surface area contributed by atoms with Crippen LogP contribution in [0.3, 0.4) is 0 Å². The van der Waals surface area contributed by atoms with Gasteiger partial charge in [0.2, 0.25) is 11.8 Å². The summed E-state index contributed by atoms with van der Waals surface area (Å²) in [6.07, 6.45) is 5.71. The Labute approximate surface area is 168 Å². The second-order valence-electron chi connectivity index (χ2n) is 6.44. The summed E-state index contributed by atoms with van der Waals surface area (Å²) in [6.45, 7) is 1.13. The van der Waals surface area contributed by atoms with Crippen LogP contribution in [0.5, 0.6) is 0 Å². The van der Waals surface area contributed by atoms with Crippen LogP contribution in [-0.4, -0.2) is 55.1 Å². The first-order valence-electron chi connectivity index (χ1n) is 8.84. The van der Waals surface area contributed by atoms with Crippen LogP contribution in [0.15, 0.2) is 42.7 Å². The van der Waals surface area contributed by atoms with Gasteiger partial charge in [0.15, 0.2) is 0 Å². The van der Waals surface area contributed by atoms with E-state index in [1.165, 1.54) is 11.8 Å². The molecule has 0 aliphatic carbocycles. The van der Waals surface area contributed by atoms with Crippen molar-refractivity contribution < 1.29 is 9.59 Å². The van der Waals surface area contributed by atoms with Crippen molar-refractivity contribution in [2.45, 2.75) is 25.8 Å². The van der Waals surface area contributed by atoms with Gasteiger partial charge in [-0.25, -0.2) is 4.68 Å². The minimum Gasteiger partial charge on any atom is -0.341 e. The molecule has 2 aromatic rings. The molecule has 0 saturated carbocycles. The van der Waals surface area contributed by atoms with Crippen molar-refractivity contribution in [3.05, 3.63) is 48.3 Å². The van der Waals surface area contributed by atoms with Crippen LogP contribution in [0.2, 0.25) is 0 Å². The molecular formula is C19H22N4O2S2. The Morgan fingerprint density at radius 3 is 2.78 bits per heavy atom. The normalized spacial score (nSPS) is 14.0. The van der Waals surface area contributed by atoms with E-state index in [-0.39, 0.29) is 11.8 Å². The van der Waals surface area contributed by atoms with Crippen LogP contribution >= 0.6 is 24.0 Å². The molecule has 27 heavy (non-hydrogen) atoms. The minimum absolute atomic E-state index is 0.0730. The summed E-state index contributed by atoms with van der Waals surface area (Å²) < 4.78 is 2.46. The molecule has 6 nitrogen and oxygen atoms in total. The van der Waals surface area contributed by atoms with Gasteiger partial charge < -0.3 is 4.90 Å². The highest BCUT2D eigenvalue weighted by atomic mass is 32.2. The van der Waals surface area contributed by atoms with Gasteiger partial charge in [-0.05, 0) is 25.0 Å². The Hall–Kier alpha value is -2.19. The SMILES string of the molecule is CN(Cc1cnn(-c2ccccc2)c1)C(=O)CCCCN1C(=O)CSC1=S. The van der Waals surface area contributed by atoms with Gasteiger partial charge in [0.05, 0.1) is 17.6 Å². The van der Waals surface area contributed by atoms with Gasteiger partial charge in [-0.15, -0.1) is 0 Å². The number of para-hydroxylation sites is 1. The monoisotopic (exact) mass is 402 g/mol. The summed E-state index contributed by atoms with van der Waals surface area (Å²) in [7, 11) is 1.80. The van der Waals surface area contributed by atoms with Gasteiger partial charge in [0.1, 0.15) is 4.32 Å². The lowest BCUT2D eigenvalue weighted by Crippen LogP contribution is -2.30. The lowest BCUT2D eigenvalue weighted by molar-refractivity contribution is -0.130. The average Bonchev–Trinajstić information content (AvgIpc) is 3.26. The fourth-order valence-corrected chi connectivity index (χ4v) is 3.98. The molecule has 1 saturated heterocycles. The Morgan fingerprint density at radius 1 is 1.30 bits per heavy atom. The molecule has 2 amide bonds. The molecule has 0 spiro atoms. The lowest BCUT2D eigenvalue weighted by Gasteiger charge is -2.17. The van der Waals surface area contributed by atoms with Crippen molar-refractivity contribution in [3.63, 3.8) is 0 Å². The third-order valence-corrected chi connectivity index (χ3v) is 5.80. The fraction of sp³-hybridized carbons (Fsp3) is 0.368.